The van der Waals surface area contributed by atoms with E-state index < -0.39 is 5.97 Å². The van der Waals surface area contributed by atoms with Gasteiger partial charge in [0, 0.05) is 24.1 Å². The van der Waals surface area contributed by atoms with Crippen LogP contribution in [0.3, 0.4) is 0 Å². The van der Waals surface area contributed by atoms with Crippen molar-refractivity contribution in [1.29, 1.82) is 0 Å². The van der Waals surface area contributed by atoms with Gasteiger partial charge in [0.25, 0.3) is 0 Å². The Hall–Kier alpha value is -2.81. The van der Waals surface area contributed by atoms with E-state index in [1.54, 1.807) is 6.07 Å². The van der Waals surface area contributed by atoms with Crippen LogP contribution in [-0.4, -0.2) is 35.9 Å². The lowest BCUT2D eigenvalue weighted by Crippen LogP contribution is -2.20. The summed E-state index contributed by atoms with van der Waals surface area (Å²) in [4.78, 5) is 23.8. The number of anilines is 1. The van der Waals surface area contributed by atoms with E-state index in [4.69, 9.17) is 14.2 Å². The predicted molar refractivity (Wildman–Crippen MR) is 98.8 cm³/mol. The van der Waals surface area contributed by atoms with E-state index in [-0.39, 0.29) is 24.2 Å². The summed E-state index contributed by atoms with van der Waals surface area (Å²) in [5, 5.41) is 10.4. The lowest BCUT2D eigenvalue weighted by Gasteiger charge is -2.25. The normalized spacial score (nSPS) is 17.8. The first-order chi connectivity index (χ1) is 12.9. The molecule has 2 aliphatic rings. The van der Waals surface area contributed by atoms with Crippen molar-refractivity contribution in [1.82, 2.24) is 10.2 Å². The first-order valence-corrected chi connectivity index (χ1v) is 8.98. The van der Waals surface area contributed by atoms with E-state index in [1.807, 2.05) is 13.0 Å². The maximum atomic E-state index is 12.4. The number of benzene rings is 1. The van der Waals surface area contributed by atoms with Crippen LogP contribution in [0, 0.1) is 6.92 Å². The number of nitrogens with one attached hydrogen (secondary N) is 2. The van der Waals surface area contributed by atoms with Crippen molar-refractivity contribution in [2.24, 2.45) is 0 Å². The second-order valence-corrected chi connectivity index (χ2v) is 7.12. The van der Waals surface area contributed by atoms with E-state index in [0.29, 0.717) is 27.3 Å². The van der Waals surface area contributed by atoms with Crippen LogP contribution < -0.4 is 14.8 Å². The lowest BCUT2D eigenvalue weighted by atomic mass is 9.82. The minimum absolute atomic E-state index is 0.180. The van der Waals surface area contributed by atoms with Crippen molar-refractivity contribution in [2.75, 3.05) is 19.0 Å². The van der Waals surface area contributed by atoms with Gasteiger partial charge in [-0.3, -0.25) is 9.89 Å². The summed E-state index contributed by atoms with van der Waals surface area (Å²) in [6.07, 6.45) is 0. The molecule has 3 heterocycles. The number of hydrogen-bond donors (Lipinski definition) is 2. The minimum atomic E-state index is -0.457. The number of aromatic amines is 1. The molecular formula is C18H16BrN3O5. The van der Waals surface area contributed by atoms with E-state index in [0.717, 1.165) is 16.8 Å². The molecule has 2 aliphatic heterocycles. The summed E-state index contributed by atoms with van der Waals surface area (Å²) in [6, 6.07) is 3.56. The van der Waals surface area contributed by atoms with Gasteiger partial charge in [0.15, 0.2) is 17.3 Å². The predicted octanol–water partition coefficient (Wildman–Crippen LogP) is 2.78. The fourth-order valence-corrected chi connectivity index (χ4v) is 4.01. The van der Waals surface area contributed by atoms with Crippen molar-refractivity contribution >= 4 is 33.7 Å². The van der Waals surface area contributed by atoms with Crippen molar-refractivity contribution in [3.05, 3.63) is 44.7 Å². The SMILES string of the molecule is COc1cc([C@H]2C3=C(COC3=O)Nc3n[nH]c(C)c32)cc(Br)c1OC(C)=O. The van der Waals surface area contributed by atoms with Gasteiger partial charge in [-0.2, -0.15) is 5.10 Å². The second kappa shape index (κ2) is 6.41. The number of fused-ring (bicyclic) bond motifs is 1. The Morgan fingerprint density at radius 1 is 1.41 bits per heavy atom. The number of rotatable bonds is 3. The molecule has 0 aliphatic carbocycles. The van der Waals surface area contributed by atoms with Crippen LogP contribution in [0.5, 0.6) is 11.5 Å². The molecule has 27 heavy (non-hydrogen) atoms. The Kier molecular flexibility index (Phi) is 4.18. The zero-order valence-corrected chi connectivity index (χ0v) is 16.4. The highest BCUT2D eigenvalue weighted by molar-refractivity contribution is 9.10. The zero-order chi connectivity index (χ0) is 19.3. The Bertz CT molecular complexity index is 1010. The fourth-order valence-electron chi connectivity index (χ4n) is 3.47. The standard InChI is InChI=1S/C18H16BrN3O5/c1-7-13-14(15-11(6-26-18(15)24)20-17(13)22-21-7)9-4-10(19)16(27-8(2)23)12(5-9)25-3/h4-5,14H,6H2,1-3H3,(H2,20,21,22)/t14-/m1/s1. The number of halogens is 1. The van der Waals surface area contributed by atoms with Gasteiger partial charge >= 0.3 is 11.9 Å². The fraction of sp³-hybridized carbons (Fsp3) is 0.278. The Labute approximate surface area is 163 Å². The summed E-state index contributed by atoms with van der Waals surface area (Å²) in [5.41, 5.74) is 3.73. The van der Waals surface area contributed by atoms with Crippen LogP contribution in [-0.2, 0) is 14.3 Å². The largest absolute Gasteiger partial charge is 0.493 e. The molecule has 0 amide bonds. The van der Waals surface area contributed by atoms with Gasteiger partial charge in [0.05, 0.1) is 22.9 Å². The maximum Gasteiger partial charge on any atom is 0.337 e. The number of H-pyrrole nitrogens is 1. The monoisotopic (exact) mass is 433 g/mol. The van der Waals surface area contributed by atoms with Gasteiger partial charge < -0.3 is 19.5 Å². The molecule has 8 nitrogen and oxygen atoms in total. The molecule has 0 saturated carbocycles. The molecule has 0 fully saturated rings. The van der Waals surface area contributed by atoms with Crippen molar-refractivity contribution in [3.8, 4) is 11.5 Å². The Balaban J connectivity index is 1.91. The molecule has 1 aromatic carbocycles. The quantitative estimate of drug-likeness (QED) is 0.566. The van der Waals surface area contributed by atoms with Crippen LogP contribution in [0.15, 0.2) is 27.9 Å². The highest BCUT2D eigenvalue weighted by atomic mass is 79.9. The molecule has 140 valence electrons. The van der Waals surface area contributed by atoms with Gasteiger partial charge in [0.2, 0.25) is 0 Å². The summed E-state index contributed by atoms with van der Waals surface area (Å²) in [5.74, 6) is 0.114. The van der Waals surface area contributed by atoms with Gasteiger partial charge in [0.1, 0.15) is 6.61 Å². The van der Waals surface area contributed by atoms with Gasteiger partial charge in [-0.1, -0.05) is 0 Å². The maximum absolute atomic E-state index is 12.4. The minimum Gasteiger partial charge on any atom is -0.493 e. The molecule has 0 unspecified atom stereocenters. The van der Waals surface area contributed by atoms with Gasteiger partial charge in [-0.15, -0.1) is 0 Å². The van der Waals surface area contributed by atoms with Crippen molar-refractivity contribution < 1.29 is 23.8 Å². The van der Waals surface area contributed by atoms with Crippen LogP contribution in [0.1, 0.15) is 29.7 Å². The van der Waals surface area contributed by atoms with Crippen molar-refractivity contribution in [2.45, 2.75) is 19.8 Å². The number of methoxy groups -OCH3 is 1. The lowest BCUT2D eigenvalue weighted by molar-refractivity contribution is -0.136. The molecule has 9 heteroatoms. The van der Waals surface area contributed by atoms with Gasteiger partial charge in [-0.25, -0.2) is 4.79 Å². The number of cyclic esters (lactones) is 1. The number of aromatic nitrogens is 2. The molecule has 0 spiro atoms. The highest BCUT2D eigenvalue weighted by Crippen LogP contribution is 2.48. The third-order valence-electron chi connectivity index (χ3n) is 4.56. The van der Waals surface area contributed by atoms with Crippen LogP contribution in [0.2, 0.25) is 0 Å². The van der Waals surface area contributed by atoms with Crippen LogP contribution in [0.4, 0.5) is 5.82 Å². The zero-order valence-electron chi connectivity index (χ0n) is 14.8. The molecule has 1 atom stereocenters. The Morgan fingerprint density at radius 2 is 2.19 bits per heavy atom. The smallest absolute Gasteiger partial charge is 0.337 e. The summed E-state index contributed by atoms with van der Waals surface area (Å²) < 4.78 is 16.4. The summed E-state index contributed by atoms with van der Waals surface area (Å²) in [7, 11) is 1.49. The highest BCUT2D eigenvalue weighted by Gasteiger charge is 2.41. The van der Waals surface area contributed by atoms with Crippen molar-refractivity contribution in [3.63, 3.8) is 0 Å². The number of hydrogen-bond acceptors (Lipinski definition) is 7. The van der Waals surface area contributed by atoms with Gasteiger partial charge in [-0.05, 0) is 40.5 Å². The number of nitrogens with zero attached hydrogens (tertiary/aromatic N) is 1. The number of esters is 2. The van der Waals surface area contributed by atoms with Crippen LogP contribution in [0.25, 0.3) is 0 Å². The molecular weight excluding hydrogens is 418 g/mol. The average molecular weight is 434 g/mol. The number of carbonyl (C=O) groups is 2. The van der Waals surface area contributed by atoms with E-state index >= 15 is 0 Å². The number of carbonyl (C=O) groups excluding carboxylic acids is 2. The second-order valence-electron chi connectivity index (χ2n) is 6.27. The number of ether oxygens (including phenoxy) is 3. The topological polar surface area (TPSA) is 103 Å². The van der Waals surface area contributed by atoms with E-state index in [2.05, 4.69) is 31.4 Å². The molecule has 2 N–H and O–H groups in total. The third-order valence-corrected chi connectivity index (χ3v) is 5.15. The number of aryl methyl sites for hydroxylation is 1. The van der Waals surface area contributed by atoms with E-state index in [1.165, 1.54) is 14.0 Å². The molecule has 0 radical (unpaired) electrons. The van der Waals surface area contributed by atoms with E-state index in [9.17, 15) is 9.59 Å². The average Bonchev–Trinajstić information content (AvgIpc) is 3.18. The molecule has 4 rings (SSSR count). The summed E-state index contributed by atoms with van der Waals surface area (Å²) in [6.45, 7) is 3.39. The summed E-state index contributed by atoms with van der Waals surface area (Å²) >= 11 is 3.44. The Morgan fingerprint density at radius 3 is 2.89 bits per heavy atom. The molecule has 2 aromatic rings. The third kappa shape index (κ3) is 2.78. The molecule has 0 bridgehead atoms. The first-order valence-electron chi connectivity index (χ1n) is 8.18. The first kappa shape index (κ1) is 17.6. The molecule has 1 aromatic heterocycles. The van der Waals surface area contributed by atoms with Crippen LogP contribution >= 0.6 is 15.9 Å². The molecule has 0 saturated heterocycles.